The van der Waals surface area contributed by atoms with Crippen molar-refractivity contribution < 1.29 is 18.1 Å². The SMILES string of the molecule is COC(=O)c1ccc(C#Cc2ccccc2N=S(C)(=O)c2ccccc2F)cn1. The fraction of sp³-hybridized carbons (Fsp3) is 0.0909. The summed E-state index contributed by atoms with van der Waals surface area (Å²) in [5, 5.41) is 0. The molecular formula is C22H17FN2O3S. The van der Waals surface area contributed by atoms with E-state index in [9.17, 15) is 13.4 Å². The number of hydrogen-bond acceptors (Lipinski definition) is 5. The number of carbonyl (C=O) groups is 1. The number of hydrogen-bond donors (Lipinski definition) is 0. The molecule has 1 atom stereocenters. The average molecular weight is 408 g/mol. The molecule has 0 N–H and O–H groups in total. The van der Waals surface area contributed by atoms with Crippen molar-refractivity contribution >= 4 is 21.4 Å². The highest BCUT2D eigenvalue weighted by atomic mass is 32.2. The van der Waals surface area contributed by atoms with Crippen LogP contribution in [0.1, 0.15) is 21.6 Å². The molecule has 1 heterocycles. The predicted molar refractivity (Wildman–Crippen MR) is 109 cm³/mol. The molecule has 1 aromatic heterocycles. The van der Waals surface area contributed by atoms with E-state index in [1.54, 1.807) is 36.4 Å². The predicted octanol–water partition coefficient (Wildman–Crippen LogP) is 4.20. The number of aromatic nitrogens is 1. The van der Waals surface area contributed by atoms with Crippen LogP contribution in [0.25, 0.3) is 0 Å². The largest absolute Gasteiger partial charge is 0.464 e. The zero-order chi connectivity index (χ0) is 20.9. The first-order chi connectivity index (χ1) is 13.9. The van der Waals surface area contributed by atoms with E-state index in [0.29, 0.717) is 16.8 Å². The average Bonchev–Trinajstić information content (AvgIpc) is 2.73. The van der Waals surface area contributed by atoms with Gasteiger partial charge in [0.05, 0.1) is 33.0 Å². The van der Waals surface area contributed by atoms with E-state index in [0.717, 1.165) is 0 Å². The zero-order valence-corrected chi connectivity index (χ0v) is 16.6. The molecule has 0 spiro atoms. The van der Waals surface area contributed by atoms with Gasteiger partial charge in [-0.2, -0.15) is 4.36 Å². The minimum atomic E-state index is -3.00. The Morgan fingerprint density at radius 1 is 1.07 bits per heavy atom. The van der Waals surface area contributed by atoms with Crippen LogP contribution in [0.15, 0.2) is 76.1 Å². The van der Waals surface area contributed by atoms with Crippen LogP contribution in [0.4, 0.5) is 10.1 Å². The molecule has 2 aromatic carbocycles. The lowest BCUT2D eigenvalue weighted by molar-refractivity contribution is 0.0594. The lowest BCUT2D eigenvalue weighted by Crippen LogP contribution is -2.03. The molecule has 0 aliphatic heterocycles. The number of nitrogens with zero attached hydrogens (tertiary/aromatic N) is 2. The van der Waals surface area contributed by atoms with Crippen LogP contribution in [0.2, 0.25) is 0 Å². The highest BCUT2D eigenvalue weighted by Gasteiger charge is 2.12. The Morgan fingerprint density at radius 2 is 1.79 bits per heavy atom. The van der Waals surface area contributed by atoms with E-state index >= 15 is 0 Å². The highest BCUT2D eigenvalue weighted by molar-refractivity contribution is 7.93. The summed E-state index contributed by atoms with van der Waals surface area (Å²) >= 11 is 0. The van der Waals surface area contributed by atoms with E-state index in [4.69, 9.17) is 0 Å². The number of rotatable bonds is 3. The van der Waals surface area contributed by atoms with Gasteiger partial charge >= 0.3 is 5.97 Å². The number of esters is 1. The first-order valence-corrected chi connectivity index (χ1v) is 10.4. The maximum Gasteiger partial charge on any atom is 0.356 e. The van der Waals surface area contributed by atoms with Gasteiger partial charge in [0.25, 0.3) is 0 Å². The zero-order valence-electron chi connectivity index (χ0n) is 15.8. The molecule has 0 aliphatic carbocycles. The molecule has 7 heteroatoms. The van der Waals surface area contributed by atoms with Gasteiger partial charge < -0.3 is 4.74 Å². The van der Waals surface area contributed by atoms with Gasteiger partial charge in [-0.25, -0.2) is 18.4 Å². The molecule has 0 saturated heterocycles. The Kier molecular flexibility index (Phi) is 6.05. The molecule has 3 rings (SSSR count). The van der Waals surface area contributed by atoms with E-state index in [2.05, 4.69) is 25.9 Å². The monoisotopic (exact) mass is 408 g/mol. The summed E-state index contributed by atoms with van der Waals surface area (Å²) in [6, 6.07) is 16.0. The fourth-order valence-electron chi connectivity index (χ4n) is 2.48. The van der Waals surface area contributed by atoms with Crippen molar-refractivity contribution in [3.63, 3.8) is 0 Å². The molecule has 146 valence electrons. The summed E-state index contributed by atoms with van der Waals surface area (Å²) in [6.45, 7) is 0. The van der Waals surface area contributed by atoms with Gasteiger partial charge in [-0.05, 0) is 36.4 Å². The Bertz CT molecular complexity index is 1230. The van der Waals surface area contributed by atoms with E-state index in [1.807, 2.05) is 0 Å². The first kappa shape index (κ1) is 20.2. The van der Waals surface area contributed by atoms with Gasteiger partial charge in [0.15, 0.2) is 0 Å². The van der Waals surface area contributed by atoms with Crippen LogP contribution in [0.5, 0.6) is 0 Å². The Morgan fingerprint density at radius 3 is 2.48 bits per heavy atom. The second-order valence-electron chi connectivity index (χ2n) is 6.02. The lowest BCUT2D eigenvalue weighted by Gasteiger charge is -2.06. The second-order valence-corrected chi connectivity index (χ2v) is 8.24. The van der Waals surface area contributed by atoms with Crippen molar-refractivity contribution in [1.82, 2.24) is 4.98 Å². The maximum absolute atomic E-state index is 14.1. The number of halogens is 1. The third kappa shape index (κ3) is 4.86. The third-order valence-corrected chi connectivity index (χ3v) is 5.61. The van der Waals surface area contributed by atoms with Gasteiger partial charge in [0.2, 0.25) is 0 Å². The van der Waals surface area contributed by atoms with Crippen molar-refractivity contribution in [1.29, 1.82) is 0 Å². The number of pyridine rings is 1. The summed E-state index contributed by atoms with van der Waals surface area (Å²) in [4.78, 5) is 15.5. The van der Waals surface area contributed by atoms with Crippen LogP contribution in [0.3, 0.4) is 0 Å². The van der Waals surface area contributed by atoms with Crippen LogP contribution in [-0.2, 0) is 14.5 Å². The Hall–Kier alpha value is -3.50. The van der Waals surface area contributed by atoms with E-state index in [-0.39, 0.29) is 10.6 Å². The molecule has 5 nitrogen and oxygen atoms in total. The standard InChI is InChI=1S/C22H17FN2O3S/c1-28-22(26)20-14-12-16(15-24-20)11-13-17-7-3-5-9-19(17)25-29(2,27)21-10-6-4-8-18(21)23/h3-10,12,14-15H,1-2H3. The first-order valence-electron chi connectivity index (χ1n) is 8.53. The van der Waals surface area contributed by atoms with Crippen LogP contribution >= 0.6 is 0 Å². The summed E-state index contributed by atoms with van der Waals surface area (Å²) in [5.74, 6) is 4.80. The summed E-state index contributed by atoms with van der Waals surface area (Å²) in [7, 11) is -1.72. The van der Waals surface area contributed by atoms with Crippen LogP contribution < -0.4 is 0 Å². The molecule has 0 bridgehead atoms. The van der Waals surface area contributed by atoms with Crippen molar-refractivity contribution in [3.8, 4) is 11.8 Å². The molecule has 0 amide bonds. The van der Waals surface area contributed by atoms with Crippen LogP contribution in [-0.4, -0.2) is 28.5 Å². The number of ether oxygens (including phenoxy) is 1. The number of benzene rings is 2. The van der Waals surface area contributed by atoms with Gasteiger partial charge in [0.1, 0.15) is 11.5 Å². The van der Waals surface area contributed by atoms with Crippen molar-refractivity contribution in [2.75, 3.05) is 13.4 Å². The molecule has 0 saturated carbocycles. The van der Waals surface area contributed by atoms with Gasteiger partial charge in [-0.15, -0.1) is 0 Å². The summed E-state index contributed by atoms with van der Waals surface area (Å²) in [6.07, 6.45) is 2.85. The lowest BCUT2D eigenvalue weighted by atomic mass is 10.1. The Labute approximate surface area is 168 Å². The van der Waals surface area contributed by atoms with Crippen molar-refractivity contribution in [2.24, 2.45) is 4.36 Å². The normalized spacial score (nSPS) is 12.2. The minimum Gasteiger partial charge on any atom is -0.464 e. The van der Waals surface area contributed by atoms with Crippen LogP contribution in [0, 0.1) is 17.7 Å². The van der Waals surface area contributed by atoms with E-state index in [1.165, 1.54) is 43.8 Å². The molecule has 0 aliphatic rings. The highest BCUT2D eigenvalue weighted by Crippen LogP contribution is 2.24. The quantitative estimate of drug-likeness (QED) is 0.481. The molecule has 0 radical (unpaired) electrons. The Balaban J connectivity index is 1.97. The topological polar surface area (TPSA) is 68.6 Å². The van der Waals surface area contributed by atoms with Crippen molar-refractivity contribution in [2.45, 2.75) is 4.90 Å². The van der Waals surface area contributed by atoms with E-state index < -0.39 is 21.5 Å². The molecule has 3 aromatic rings. The minimum absolute atomic E-state index is 0.0466. The smallest absolute Gasteiger partial charge is 0.356 e. The number of carbonyl (C=O) groups excluding carboxylic acids is 1. The fourth-order valence-corrected chi connectivity index (χ4v) is 3.87. The third-order valence-electron chi connectivity index (χ3n) is 3.92. The van der Waals surface area contributed by atoms with Gasteiger partial charge in [-0.3, -0.25) is 0 Å². The molecule has 1 unspecified atom stereocenters. The van der Waals surface area contributed by atoms with Gasteiger partial charge in [0, 0.05) is 18.0 Å². The molecule has 0 fully saturated rings. The maximum atomic E-state index is 14.1. The summed E-state index contributed by atoms with van der Waals surface area (Å²) in [5.41, 5.74) is 1.70. The van der Waals surface area contributed by atoms with Crippen molar-refractivity contribution in [3.05, 3.63) is 89.5 Å². The summed E-state index contributed by atoms with van der Waals surface area (Å²) < 4.78 is 36.0. The van der Waals surface area contributed by atoms with Gasteiger partial charge in [-0.1, -0.05) is 36.1 Å². The molecular weight excluding hydrogens is 391 g/mol. The number of methoxy groups -OCH3 is 1. The molecule has 29 heavy (non-hydrogen) atoms. The second kappa shape index (κ2) is 8.67.